The van der Waals surface area contributed by atoms with Crippen molar-refractivity contribution in [1.29, 1.82) is 5.26 Å². The Kier molecular flexibility index (Phi) is 5.46. The van der Waals surface area contributed by atoms with Crippen LogP contribution in [0.25, 0.3) is 0 Å². The molecule has 1 aliphatic carbocycles. The van der Waals surface area contributed by atoms with Crippen molar-refractivity contribution in [1.82, 2.24) is 9.55 Å². The van der Waals surface area contributed by atoms with Gasteiger partial charge in [0.25, 0.3) is 0 Å². The number of fused-ring (bicyclic) bond motifs is 1. The summed E-state index contributed by atoms with van der Waals surface area (Å²) in [6.07, 6.45) is 2.83. The van der Waals surface area contributed by atoms with Gasteiger partial charge in [0.1, 0.15) is 29.3 Å². The summed E-state index contributed by atoms with van der Waals surface area (Å²) in [6, 6.07) is 2.13. The molecule has 9 nitrogen and oxygen atoms in total. The SMILES string of the molecule is CC(=O)Nc1cnc(C)n1CC(=O)Nc1sc2c(c1C#N)CCC(C(=O)O)C2. The first kappa shape index (κ1) is 19.6. The number of imidazole rings is 1. The Bertz CT molecular complexity index is 1000. The highest BCUT2D eigenvalue weighted by Crippen LogP contribution is 2.39. The van der Waals surface area contributed by atoms with Gasteiger partial charge in [-0.15, -0.1) is 11.3 Å². The third kappa shape index (κ3) is 3.89. The van der Waals surface area contributed by atoms with Crippen LogP contribution in [-0.2, 0) is 33.8 Å². The number of nitrogens with zero attached hydrogens (tertiary/aromatic N) is 3. The van der Waals surface area contributed by atoms with Crippen LogP contribution in [0.5, 0.6) is 0 Å². The van der Waals surface area contributed by atoms with Crippen molar-refractivity contribution in [3.05, 3.63) is 28.0 Å². The predicted octanol–water partition coefficient (Wildman–Crippen LogP) is 1.91. The number of carbonyl (C=O) groups excluding carboxylic acids is 2. The zero-order valence-electron chi connectivity index (χ0n) is 15.4. The summed E-state index contributed by atoms with van der Waals surface area (Å²) in [6.45, 7) is 3.01. The van der Waals surface area contributed by atoms with E-state index in [-0.39, 0.29) is 18.4 Å². The first-order valence-electron chi connectivity index (χ1n) is 8.67. The summed E-state index contributed by atoms with van der Waals surface area (Å²) in [7, 11) is 0. The second-order valence-electron chi connectivity index (χ2n) is 6.60. The largest absolute Gasteiger partial charge is 0.481 e. The number of rotatable bonds is 5. The average molecular weight is 401 g/mol. The third-order valence-corrected chi connectivity index (χ3v) is 5.81. The van der Waals surface area contributed by atoms with Crippen LogP contribution in [0, 0.1) is 24.2 Å². The number of aliphatic carboxylic acids is 1. The van der Waals surface area contributed by atoms with Crippen molar-refractivity contribution in [3.8, 4) is 6.07 Å². The number of carboxylic acids is 1. The fourth-order valence-corrected chi connectivity index (χ4v) is 4.55. The maximum absolute atomic E-state index is 12.6. The van der Waals surface area contributed by atoms with Crippen LogP contribution in [0.3, 0.4) is 0 Å². The number of amides is 2. The van der Waals surface area contributed by atoms with E-state index in [0.717, 1.165) is 10.4 Å². The van der Waals surface area contributed by atoms with Crippen LogP contribution in [0.15, 0.2) is 6.20 Å². The lowest BCUT2D eigenvalue weighted by molar-refractivity contribution is -0.142. The predicted molar refractivity (Wildman–Crippen MR) is 102 cm³/mol. The minimum atomic E-state index is -0.843. The molecule has 2 aromatic heterocycles. The van der Waals surface area contributed by atoms with Crippen molar-refractivity contribution >= 4 is 39.9 Å². The molecule has 1 unspecified atom stereocenters. The molecule has 0 spiro atoms. The van der Waals surface area contributed by atoms with Crippen molar-refractivity contribution in [3.63, 3.8) is 0 Å². The molecule has 0 radical (unpaired) electrons. The molecule has 0 saturated heterocycles. The third-order valence-electron chi connectivity index (χ3n) is 4.64. The number of thiophene rings is 1. The van der Waals surface area contributed by atoms with Crippen molar-refractivity contribution in [2.45, 2.75) is 39.7 Å². The fourth-order valence-electron chi connectivity index (χ4n) is 3.26. The summed E-state index contributed by atoms with van der Waals surface area (Å²) >= 11 is 1.26. The summed E-state index contributed by atoms with van der Waals surface area (Å²) in [4.78, 5) is 40.0. The van der Waals surface area contributed by atoms with Gasteiger partial charge in [0.05, 0.1) is 17.7 Å². The van der Waals surface area contributed by atoms with E-state index in [0.29, 0.717) is 41.5 Å². The molecule has 3 N–H and O–H groups in total. The van der Waals surface area contributed by atoms with Gasteiger partial charge in [0.2, 0.25) is 11.8 Å². The van der Waals surface area contributed by atoms with Gasteiger partial charge in [-0.3, -0.25) is 14.4 Å². The van der Waals surface area contributed by atoms with Crippen LogP contribution in [-0.4, -0.2) is 32.4 Å². The van der Waals surface area contributed by atoms with E-state index >= 15 is 0 Å². The molecule has 146 valence electrons. The summed E-state index contributed by atoms with van der Waals surface area (Å²) < 4.78 is 1.57. The quantitative estimate of drug-likeness (QED) is 0.700. The van der Waals surface area contributed by atoms with Crippen LogP contribution >= 0.6 is 11.3 Å². The fraction of sp³-hybridized carbons (Fsp3) is 0.389. The van der Waals surface area contributed by atoms with E-state index in [1.165, 1.54) is 24.5 Å². The zero-order valence-corrected chi connectivity index (χ0v) is 16.2. The molecule has 1 aliphatic rings. The first-order chi connectivity index (χ1) is 13.3. The smallest absolute Gasteiger partial charge is 0.306 e. The molecule has 2 amide bonds. The number of carbonyl (C=O) groups is 3. The Hall–Kier alpha value is -3.19. The molecule has 2 heterocycles. The Morgan fingerprint density at radius 3 is 2.82 bits per heavy atom. The van der Waals surface area contributed by atoms with Gasteiger partial charge < -0.3 is 20.3 Å². The van der Waals surface area contributed by atoms with Crippen molar-refractivity contribution < 1.29 is 19.5 Å². The van der Waals surface area contributed by atoms with E-state index in [4.69, 9.17) is 0 Å². The Balaban J connectivity index is 1.79. The zero-order chi connectivity index (χ0) is 20.4. The molecule has 0 aromatic carbocycles. The Labute approximate surface area is 165 Å². The van der Waals surface area contributed by atoms with Gasteiger partial charge in [-0.2, -0.15) is 5.26 Å². The van der Waals surface area contributed by atoms with Crippen LogP contribution in [0.2, 0.25) is 0 Å². The molecule has 0 saturated carbocycles. The molecule has 28 heavy (non-hydrogen) atoms. The molecule has 1 atom stereocenters. The lowest BCUT2D eigenvalue weighted by atomic mass is 9.87. The highest BCUT2D eigenvalue weighted by Gasteiger charge is 2.29. The molecule has 0 aliphatic heterocycles. The van der Waals surface area contributed by atoms with Gasteiger partial charge in [0.15, 0.2) is 0 Å². The maximum atomic E-state index is 12.6. The van der Waals surface area contributed by atoms with Crippen LogP contribution in [0.1, 0.15) is 35.2 Å². The lowest BCUT2D eigenvalue weighted by Gasteiger charge is -2.17. The maximum Gasteiger partial charge on any atom is 0.306 e. The van der Waals surface area contributed by atoms with Crippen molar-refractivity contribution in [2.24, 2.45) is 5.92 Å². The second kappa shape index (κ2) is 7.82. The first-order valence-corrected chi connectivity index (χ1v) is 9.48. The van der Waals surface area contributed by atoms with E-state index < -0.39 is 11.9 Å². The summed E-state index contributed by atoms with van der Waals surface area (Å²) in [5.41, 5.74) is 1.24. The summed E-state index contributed by atoms with van der Waals surface area (Å²) in [5, 5.41) is 24.6. The number of aromatic nitrogens is 2. The Morgan fingerprint density at radius 1 is 1.43 bits per heavy atom. The normalized spacial score (nSPS) is 15.4. The number of carboxylic acid groups (broad SMARTS) is 1. The van der Waals surface area contributed by atoms with Crippen LogP contribution in [0.4, 0.5) is 10.8 Å². The van der Waals surface area contributed by atoms with E-state index in [2.05, 4.69) is 21.7 Å². The molecule has 10 heteroatoms. The minimum absolute atomic E-state index is 0.0768. The Morgan fingerprint density at radius 2 is 2.18 bits per heavy atom. The second-order valence-corrected chi connectivity index (χ2v) is 7.71. The van der Waals surface area contributed by atoms with Crippen molar-refractivity contribution in [2.75, 3.05) is 10.6 Å². The molecule has 0 bridgehead atoms. The van der Waals surface area contributed by atoms with Gasteiger partial charge in [-0.25, -0.2) is 4.98 Å². The summed E-state index contributed by atoms with van der Waals surface area (Å²) in [5.74, 6) is -0.964. The molecular formula is C18H19N5O4S. The molecule has 2 aromatic rings. The number of aryl methyl sites for hydroxylation is 1. The molecule has 0 fully saturated rings. The number of hydrogen-bond acceptors (Lipinski definition) is 6. The van der Waals surface area contributed by atoms with Gasteiger partial charge in [0, 0.05) is 11.8 Å². The number of nitrogens with one attached hydrogen (secondary N) is 2. The van der Waals surface area contributed by atoms with E-state index in [1.807, 2.05) is 0 Å². The molecular weight excluding hydrogens is 382 g/mol. The number of nitriles is 1. The molecule has 3 rings (SSSR count). The van der Waals surface area contributed by atoms with E-state index in [1.54, 1.807) is 11.5 Å². The monoisotopic (exact) mass is 401 g/mol. The van der Waals surface area contributed by atoms with Crippen LogP contribution < -0.4 is 10.6 Å². The highest BCUT2D eigenvalue weighted by atomic mass is 32.1. The standard InChI is InChI=1S/C18H19N5O4S/c1-9-20-7-15(21-10(2)24)23(9)8-16(25)22-17-13(6-19)12-4-3-11(18(26)27)5-14(12)28-17/h7,11H,3-5,8H2,1-2H3,(H,21,24)(H,22,25)(H,26,27). The lowest BCUT2D eigenvalue weighted by Crippen LogP contribution is -2.22. The number of anilines is 2. The average Bonchev–Trinajstić information content (AvgIpc) is 3.14. The van der Waals surface area contributed by atoms with Gasteiger partial charge in [-0.05, 0) is 31.7 Å². The highest BCUT2D eigenvalue weighted by molar-refractivity contribution is 7.16. The van der Waals surface area contributed by atoms with Gasteiger partial charge in [-0.1, -0.05) is 0 Å². The van der Waals surface area contributed by atoms with Gasteiger partial charge >= 0.3 is 5.97 Å². The minimum Gasteiger partial charge on any atom is -0.481 e. The number of hydrogen-bond donors (Lipinski definition) is 3. The van der Waals surface area contributed by atoms with E-state index in [9.17, 15) is 24.8 Å². The topological polar surface area (TPSA) is 137 Å².